The molecule has 0 saturated heterocycles. The zero-order valence-corrected chi connectivity index (χ0v) is 8.64. The molecule has 1 aromatic heterocycles. The summed E-state index contributed by atoms with van der Waals surface area (Å²) in [5.41, 5.74) is 5.26. The first-order chi connectivity index (χ1) is 6.97. The topological polar surface area (TPSA) is 65.2 Å². The molecule has 0 aliphatic heterocycles. The molecule has 0 bridgehead atoms. The van der Waals surface area contributed by atoms with E-state index in [1.54, 1.807) is 0 Å². The van der Waals surface area contributed by atoms with Gasteiger partial charge in [0.1, 0.15) is 0 Å². The maximum Gasteiger partial charge on any atom is 0.309 e. The number of anilines is 1. The van der Waals surface area contributed by atoms with E-state index in [0.717, 1.165) is 0 Å². The van der Waals surface area contributed by atoms with Crippen molar-refractivity contribution < 1.29 is 13.9 Å². The Bertz CT molecular complexity index is 435. The van der Waals surface area contributed by atoms with E-state index in [2.05, 4.69) is 11.6 Å². The van der Waals surface area contributed by atoms with Crippen LogP contribution in [-0.4, -0.2) is 11.0 Å². The Labute approximate surface area is 90.5 Å². The normalized spacial score (nSPS) is 9.80. The summed E-state index contributed by atoms with van der Waals surface area (Å²) >= 11 is 5.44. The van der Waals surface area contributed by atoms with Gasteiger partial charge < -0.3 is 10.5 Å². The molecule has 15 heavy (non-hydrogen) atoms. The van der Waals surface area contributed by atoms with Crippen LogP contribution in [0.5, 0.6) is 5.88 Å². The van der Waals surface area contributed by atoms with E-state index in [4.69, 9.17) is 22.1 Å². The van der Waals surface area contributed by atoms with Gasteiger partial charge >= 0.3 is 5.97 Å². The van der Waals surface area contributed by atoms with E-state index < -0.39 is 16.9 Å². The number of carbonyl (C=O) groups excluding carboxylic acids is 1. The van der Waals surface area contributed by atoms with Crippen LogP contribution in [0.25, 0.3) is 6.08 Å². The summed E-state index contributed by atoms with van der Waals surface area (Å²) in [6.45, 7) is 4.59. The number of ether oxygens (including phenoxy) is 1. The zero-order valence-electron chi connectivity index (χ0n) is 7.88. The fourth-order valence-electron chi connectivity index (χ4n) is 0.954. The van der Waals surface area contributed by atoms with Crippen molar-refractivity contribution in [3.05, 3.63) is 23.1 Å². The first kappa shape index (κ1) is 11.5. The number of aromatic nitrogens is 1. The Kier molecular flexibility index (Phi) is 3.26. The second-order valence-electron chi connectivity index (χ2n) is 2.65. The third-order valence-corrected chi connectivity index (χ3v) is 1.83. The van der Waals surface area contributed by atoms with E-state index in [9.17, 15) is 9.18 Å². The number of hydrogen-bond donors (Lipinski definition) is 1. The van der Waals surface area contributed by atoms with Crippen LogP contribution in [0.15, 0.2) is 6.58 Å². The average molecular weight is 231 g/mol. The van der Waals surface area contributed by atoms with E-state index in [0.29, 0.717) is 0 Å². The number of nitrogen functional groups attached to an aromatic ring is 1. The maximum absolute atomic E-state index is 13.2. The van der Waals surface area contributed by atoms with Crippen molar-refractivity contribution in [1.82, 2.24) is 4.98 Å². The predicted octanol–water partition coefficient (Wildman–Crippen LogP) is 2.02. The van der Waals surface area contributed by atoms with E-state index in [1.165, 1.54) is 13.0 Å². The quantitative estimate of drug-likeness (QED) is 0.624. The van der Waals surface area contributed by atoms with Crippen LogP contribution in [0, 0.1) is 5.82 Å². The summed E-state index contributed by atoms with van der Waals surface area (Å²) in [7, 11) is 0. The molecule has 1 rings (SSSR count). The molecular weight excluding hydrogens is 223 g/mol. The molecule has 0 saturated carbocycles. The van der Waals surface area contributed by atoms with Crippen molar-refractivity contribution in [2.24, 2.45) is 0 Å². The summed E-state index contributed by atoms with van der Waals surface area (Å²) in [6, 6.07) is 0. The Morgan fingerprint density at radius 3 is 2.80 bits per heavy atom. The molecule has 0 unspecified atom stereocenters. The van der Waals surface area contributed by atoms with Gasteiger partial charge in [0.05, 0.1) is 11.3 Å². The largest absolute Gasteiger partial charge is 0.407 e. The average Bonchev–Trinajstić information content (AvgIpc) is 2.14. The molecule has 80 valence electrons. The van der Waals surface area contributed by atoms with Gasteiger partial charge in [-0.05, 0) is 0 Å². The standard InChI is InChI=1S/C9H8ClFN2O2/c1-3-5-7(12)6(11)8(10)13-9(5)15-4(2)14/h3H,1H2,2H3,(H2,12,13). The summed E-state index contributed by atoms with van der Waals surface area (Å²) in [5, 5.41) is -0.450. The molecule has 6 heteroatoms. The molecule has 4 nitrogen and oxygen atoms in total. The minimum absolute atomic E-state index is 0.104. The maximum atomic E-state index is 13.2. The van der Waals surface area contributed by atoms with Crippen LogP contribution in [0.4, 0.5) is 10.1 Å². The molecular formula is C9H8ClFN2O2. The number of nitrogens with zero attached hydrogens (tertiary/aromatic N) is 1. The Morgan fingerprint density at radius 1 is 1.73 bits per heavy atom. The van der Waals surface area contributed by atoms with Crippen LogP contribution in [0.3, 0.4) is 0 Å². The van der Waals surface area contributed by atoms with Gasteiger partial charge in [0.15, 0.2) is 11.0 Å². The fraction of sp³-hybridized carbons (Fsp3) is 0.111. The van der Waals surface area contributed by atoms with Crippen molar-refractivity contribution in [2.45, 2.75) is 6.92 Å². The Morgan fingerprint density at radius 2 is 2.33 bits per heavy atom. The first-order valence-corrected chi connectivity index (χ1v) is 4.30. The molecule has 0 atom stereocenters. The lowest BCUT2D eigenvalue weighted by molar-refractivity contribution is -0.132. The van der Waals surface area contributed by atoms with Gasteiger partial charge in [-0.2, -0.15) is 4.98 Å². The lowest BCUT2D eigenvalue weighted by Crippen LogP contribution is -2.08. The number of rotatable bonds is 2. The van der Waals surface area contributed by atoms with Crippen LogP contribution < -0.4 is 10.5 Å². The SMILES string of the molecule is C=Cc1c(OC(C)=O)nc(Cl)c(F)c1N. The second kappa shape index (κ2) is 4.27. The highest BCUT2D eigenvalue weighted by molar-refractivity contribution is 6.30. The molecule has 0 aliphatic rings. The van der Waals surface area contributed by atoms with Gasteiger partial charge in [0, 0.05) is 6.92 Å². The highest BCUT2D eigenvalue weighted by atomic mass is 35.5. The molecule has 1 heterocycles. The molecule has 0 amide bonds. The van der Waals surface area contributed by atoms with Crippen molar-refractivity contribution >= 4 is 29.3 Å². The summed E-state index contributed by atoms with van der Waals surface area (Å²) in [5.74, 6) is -1.61. The van der Waals surface area contributed by atoms with Gasteiger partial charge in [-0.15, -0.1) is 0 Å². The van der Waals surface area contributed by atoms with Crippen molar-refractivity contribution in [3.63, 3.8) is 0 Å². The highest BCUT2D eigenvalue weighted by Gasteiger charge is 2.16. The number of nitrogens with two attached hydrogens (primary N) is 1. The number of halogens is 2. The molecule has 0 aromatic carbocycles. The summed E-state index contributed by atoms with van der Waals surface area (Å²) in [6.07, 6.45) is 1.24. The van der Waals surface area contributed by atoms with Crippen molar-refractivity contribution in [2.75, 3.05) is 5.73 Å². The van der Waals surface area contributed by atoms with Crippen molar-refractivity contribution in [1.29, 1.82) is 0 Å². The minimum atomic E-state index is -0.859. The van der Waals surface area contributed by atoms with Crippen LogP contribution in [-0.2, 0) is 4.79 Å². The highest BCUT2D eigenvalue weighted by Crippen LogP contribution is 2.30. The van der Waals surface area contributed by atoms with E-state index in [-0.39, 0.29) is 17.1 Å². The lowest BCUT2D eigenvalue weighted by atomic mass is 10.2. The van der Waals surface area contributed by atoms with Crippen LogP contribution >= 0.6 is 11.6 Å². The molecule has 0 fully saturated rings. The second-order valence-corrected chi connectivity index (χ2v) is 3.00. The van der Waals surface area contributed by atoms with Gasteiger partial charge in [0.25, 0.3) is 0 Å². The van der Waals surface area contributed by atoms with Crippen molar-refractivity contribution in [3.8, 4) is 5.88 Å². The number of hydrogen-bond acceptors (Lipinski definition) is 4. The summed E-state index contributed by atoms with van der Waals surface area (Å²) < 4.78 is 17.9. The predicted molar refractivity (Wildman–Crippen MR) is 55.0 cm³/mol. The van der Waals surface area contributed by atoms with Gasteiger partial charge in [-0.25, -0.2) is 4.39 Å². The molecule has 2 N–H and O–H groups in total. The van der Waals surface area contributed by atoms with Gasteiger partial charge in [-0.1, -0.05) is 24.3 Å². The minimum Gasteiger partial charge on any atom is -0.407 e. The molecule has 0 spiro atoms. The lowest BCUT2D eigenvalue weighted by Gasteiger charge is -2.08. The smallest absolute Gasteiger partial charge is 0.309 e. The van der Waals surface area contributed by atoms with E-state index in [1.807, 2.05) is 0 Å². The number of pyridine rings is 1. The van der Waals surface area contributed by atoms with Crippen LogP contribution in [0.2, 0.25) is 5.15 Å². The zero-order chi connectivity index (χ0) is 11.6. The third kappa shape index (κ3) is 2.24. The van der Waals surface area contributed by atoms with Gasteiger partial charge in [-0.3, -0.25) is 4.79 Å². The Balaban J connectivity index is 3.38. The first-order valence-electron chi connectivity index (χ1n) is 3.92. The Hall–Kier alpha value is -1.62. The summed E-state index contributed by atoms with van der Waals surface area (Å²) in [4.78, 5) is 14.3. The molecule has 0 radical (unpaired) electrons. The number of esters is 1. The third-order valence-electron chi connectivity index (χ3n) is 1.58. The monoisotopic (exact) mass is 230 g/mol. The number of carbonyl (C=O) groups is 1. The van der Waals surface area contributed by atoms with E-state index >= 15 is 0 Å². The molecule has 1 aromatic rings. The van der Waals surface area contributed by atoms with Gasteiger partial charge in [0.2, 0.25) is 5.88 Å². The van der Waals surface area contributed by atoms with Crippen LogP contribution in [0.1, 0.15) is 12.5 Å². The fourth-order valence-corrected chi connectivity index (χ4v) is 1.13. The molecule has 0 aliphatic carbocycles.